The highest BCUT2D eigenvalue weighted by molar-refractivity contribution is 7.89. The van der Waals surface area contributed by atoms with Crippen molar-refractivity contribution >= 4 is 21.7 Å². The van der Waals surface area contributed by atoms with Crippen LogP contribution < -0.4 is 15.4 Å². The lowest BCUT2D eigenvalue weighted by atomic mass is 9.86. The zero-order chi connectivity index (χ0) is 17.0. The van der Waals surface area contributed by atoms with Crippen molar-refractivity contribution in [1.29, 1.82) is 0 Å². The topological polar surface area (TPSA) is 87.3 Å². The minimum atomic E-state index is -3.54. The highest BCUT2D eigenvalue weighted by Crippen LogP contribution is 2.24. The van der Waals surface area contributed by atoms with E-state index in [2.05, 4.69) is 22.3 Å². The van der Waals surface area contributed by atoms with Crippen LogP contribution in [-0.4, -0.2) is 27.5 Å². The molecule has 23 heavy (non-hydrogen) atoms. The summed E-state index contributed by atoms with van der Waals surface area (Å²) in [4.78, 5) is 12.3. The largest absolute Gasteiger partial charge is 0.335 e. The van der Waals surface area contributed by atoms with Crippen molar-refractivity contribution in [3.63, 3.8) is 0 Å². The molecule has 2 unspecified atom stereocenters. The third kappa shape index (κ3) is 4.45. The van der Waals surface area contributed by atoms with E-state index in [9.17, 15) is 13.2 Å². The maximum absolute atomic E-state index is 12.2. The van der Waals surface area contributed by atoms with E-state index < -0.39 is 10.0 Å². The molecule has 1 aromatic carbocycles. The number of amides is 2. The Morgan fingerprint density at radius 2 is 1.91 bits per heavy atom. The summed E-state index contributed by atoms with van der Waals surface area (Å²) in [6, 6.07) is 4.75. The van der Waals surface area contributed by atoms with Gasteiger partial charge in [-0.15, -0.1) is 0 Å². The van der Waals surface area contributed by atoms with Gasteiger partial charge < -0.3 is 10.6 Å². The van der Waals surface area contributed by atoms with Crippen molar-refractivity contribution in [2.24, 2.45) is 5.92 Å². The molecule has 1 aliphatic rings. The number of rotatable bonds is 4. The molecule has 7 heteroatoms. The number of benzene rings is 1. The molecule has 0 heterocycles. The first-order chi connectivity index (χ1) is 10.8. The van der Waals surface area contributed by atoms with Crippen LogP contribution in [0.4, 0.5) is 10.5 Å². The number of hydrogen-bond acceptors (Lipinski definition) is 3. The Balaban J connectivity index is 2.08. The zero-order valence-corrected chi connectivity index (χ0v) is 14.7. The average Bonchev–Trinajstić information content (AvgIpc) is 2.51. The molecule has 0 spiro atoms. The van der Waals surface area contributed by atoms with Crippen molar-refractivity contribution in [3.05, 3.63) is 23.8 Å². The first-order valence-corrected chi connectivity index (χ1v) is 9.43. The fourth-order valence-corrected chi connectivity index (χ4v) is 3.94. The summed E-state index contributed by atoms with van der Waals surface area (Å²) >= 11 is 0. The minimum absolute atomic E-state index is 0.170. The van der Waals surface area contributed by atoms with Crippen LogP contribution in [0.5, 0.6) is 0 Å². The summed E-state index contributed by atoms with van der Waals surface area (Å²) in [6.45, 7) is 3.87. The normalized spacial score (nSPS) is 21.7. The molecular formula is C16H25N3O3S. The molecule has 2 rings (SSSR count). The molecule has 6 nitrogen and oxygen atoms in total. The predicted molar refractivity (Wildman–Crippen MR) is 91.0 cm³/mol. The van der Waals surface area contributed by atoms with Gasteiger partial charge in [-0.1, -0.05) is 25.8 Å². The summed E-state index contributed by atoms with van der Waals surface area (Å²) in [5, 5.41) is 5.72. The van der Waals surface area contributed by atoms with Gasteiger partial charge in [0.15, 0.2) is 0 Å². The number of carbonyl (C=O) groups is 1. The second kappa shape index (κ2) is 7.31. The van der Waals surface area contributed by atoms with Gasteiger partial charge in [-0.25, -0.2) is 17.9 Å². The summed E-state index contributed by atoms with van der Waals surface area (Å²) in [5.74, 6) is 0.466. The van der Waals surface area contributed by atoms with Gasteiger partial charge in [0, 0.05) is 11.7 Å². The lowest BCUT2D eigenvalue weighted by Gasteiger charge is -2.29. The highest BCUT2D eigenvalue weighted by Gasteiger charge is 2.23. The Kier molecular flexibility index (Phi) is 5.64. The number of sulfonamides is 1. The average molecular weight is 339 g/mol. The van der Waals surface area contributed by atoms with E-state index in [1.165, 1.54) is 19.5 Å². The molecule has 1 saturated carbocycles. The van der Waals surface area contributed by atoms with Crippen LogP contribution in [0.1, 0.15) is 38.2 Å². The molecule has 128 valence electrons. The van der Waals surface area contributed by atoms with E-state index in [-0.39, 0.29) is 17.0 Å². The molecule has 1 aromatic rings. The van der Waals surface area contributed by atoms with Crippen LogP contribution in [0.25, 0.3) is 0 Å². The Labute approximate surface area is 138 Å². The van der Waals surface area contributed by atoms with Gasteiger partial charge in [0.05, 0.1) is 4.90 Å². The standard InChI is InChI=1S/C16H25N3O3S/c1-11-6-4-5-7-14(11)19-16(20)18-13-9-8-12(2)15(10-13)23(21,22)17-3/h8-11,14,17H,4-7H2,1-3H3,(H2,18,19,20). The Morgan fingerprint density at radius 3 is 2.57 bits per heavy atom. The fraction of sp³-hybridized carbons (Fsp3) is 0.562. The van der Waals surface area contributed by atoms with E-state index in [1.54, 1.807) is 19.1 Å². The first kappa shape index (κ1) is 17.7. The minimum Gasteiger partial charge on any atom is -0.335 e. The Hall–Kier alpha value is -1.60. The molecule has 3 N–H and O–H groups in total. The van der Waals surface area contributed by atoms with Gasteiger partial charge in [-0.2, -0.15) is 0 Å². The molecule has 2 atom stereocenters. The van der Waals surface area contributed by atoms with Crippen molar-refractivity contribution in [2.75, 3.05) is 12.4 Å². The quantitative estimate of drug-likeness (QED) is 0.788. The molecule has 0 radical (unpaired) electrons. The fourth-order valence-electron chi connectivity index (χ4n) is 2.94. The number of anilines is 1. The number of carbonyl (C=O) groups excluding carboxylic acids is 1. The molecular weight excluding hydrogens is 314 g/mol. The maximum atomic E-state index is 12.2. The molecule has 0 saturated heterocycles. The van der Waals surface area contributed by atoms with Crippen LogP contribution in [0, 0.1) is 12.8 Å². The van der Waals surface area contributed by atoms with E-state index in [0.29, 0.717) is 17.2 Å². The number of hydrogen-bond donors (Lipinski definition) is 3. The van der Waals surface area contributed by atoms with Gasteiger partial charge in [0.25, 0.3) is 0 Å². The second-order valence-electron chi connectivity index (χ2n) is 6.15. The molecule has 1 fully saturated rings. The lowest BCUT2D eigenvalue weighted by molar-refractivity contribution is 0.232. The van der Waals surface area contributed by atoms with Crippen molar-refractivity contribution in [3.8, 4) is 0 Å². The SMILES string of the molecule is CNS(=O)(=O)c1cc(NC(=O)NC2CCCCC2C)ccc1C. The van der Waals surface area contributed by atoms with Gasteiger partial charge in [0.1, 0.15) is 0 Å². The summed E-state index contributed by atoms with van der Waals surface area (Å²) < 4.78 is 26.3. The monoisotopic (exact) mass is 339 g/mol. The molecule has 0 aliphatic heterocycles. The van der Waals surface area contributed by atoms with E-state index >= 15 is 0 Å². The highest BCUT2D eigenvalue weighted by atomic mass is 32.2. The van der Waals surface area contributed by atoms with Crippen LogP contribution in [0.3, 0.4) is 0 Å². The van der Waals surface area contributed by atoms with Gasteiger partial charge in [0.2, 0.25) is 10.0 Å². The number of nitrogens with one attached hydrogen (secondary N) is 3. The lowest BCUT2D eigenvalue weighted by Crippen LogP contribution is -2.43. The number of urea groups is 1. The van der Waals surface area contributed by atoms with Gasteiger partial charge in [-0.3, -0.25) is 0 Å². The Bertz CT molecular complexity index is 673. The molecule has 1 aliphatic carbocycles. The van der Waals surface area contributed by atoms with Crippen molar-refractivity contribution in [2.45, 2.75) is 50.5 Å². The third-order valence-corrected chi connectivity index (χ3v) is 5.99. The smallest absolute Gasteiger partial charge is 0.319 e. The van der Waals surface area contributed by atoms with Crippen molar-refractivity contribution in [1.82, 2.24) is 10.0 Å². The van der Waals surface area contributed by atoms with E-state index in [1.807, 2.05) is 0 Å². The van der Waals surface area contributed by atoms with Gasteiger partial charge >= 0.3 is 6.03 Å². The van der Waals surface area contributed by atoms with Crippen LogP contribution >= 0.6 is 0 Å². The maximum Gasteiger partial charge on any atom is 0.319 e. The third-order valence-electron chi connectivity index (χ3n) is 4.43. The van der Waals surface area contributed by atoms with Crippen LogP contribution in [-0.2, 0) is 10.0 Å². The second-order valence-corrected chi connectivity index (χ2v) is 8.01. The summed E-state index contributed by atoms with van der Waals surface area (Å²) in [6.07, 6.45) is 4.45. The number of aryl methyl sites for hydroxylation is 1. The molecule has 2 amide bonds. The Morgan fingerprint density at radius 1 is 1.22 bits per heavy atom. The van der Waals surface area contributed by atoms with E-state index in [4.69, 9.17) is 0 Å². The zero-order valence-electron chi connectivity index (χ0n) is 13.8. The summed E-state index contributed by atoms with van der Waals surface area (Å²) in [7, 11) is -2.18. The molecule has 0 aromatic heterocycles. The van der Waals surface area contributed by atoms with Gasteiger partial charge in [-0.05, 0) is 50.4 Å². The first-order valence-electron chi connectivity index (χ1n) is 7.95. The van der Waals surface area contributed by atoms with Crippen LogP contribution in [0.15, 0.2) is 23.1 Å². The van der Waals surface area contributed by atoms with E-state index in [0.717, 1.165) is 19.3 Å². The predicted octanol–water partition coefficient (Wildman–Crippen LogP) is 2.60. The molecule has 0 bridgehead atoms. The summed E-state index contributed by atoms with van der Waals surface area (Å²) in [5.41, 5.74) is 1.09. The van der Waals surface area contributed by atoms with Crippen LogP contribution in [0.2, 0.25) is 0 Å². The van der Waals surface area contributed by atoms with Crippen molar-refractivity contribution < 1.29 is 13.2 Å².